The van der Waals surface area contributed by atoms with Crippen molar-refractivity contribution in [2.45, 2.75) is 13.0 Å². The predicted octanol–water partition coefficient (Wildman–Crippen LogP) is 2.62. The van der Waals surface area contributed by atoms with Crippen LogP contribution in [-0.2, 0) is 0 Å². The van der Waals surface area contributed by atoms with E-state index in [1.165, 1.54) is 6.20 Å². The van der Waals surface area contributed by atoms with Gasteiger partial charge in [0, 0.05) is 10.7 Å². The van der Waals surface area contributed by atoms with Gasteiger partial charge in [-0.1, -0.05) is 28.1 Å². The largest absolute Gasteiger partial charge is 0.345 e. The van der Waals surface area contributed by atoms with E-state index in [1.807, 2.05) is 31.2 Å². The van der Waals surface area contributed by atoms with Gasteiger partial charge in [0.2, 0.25) is 0 Å². The number of pyridine rings is 1. The Balaban J connectivity index is 2.15. The second kappa shape index (κ2) is 6.49. The number of nitrogens with zero attached hydrogens (tertiary/aromatic N) is 1. The van der Waals surface area contributed by atoms with Gasteiger partial charge in [-0.05, 0) is 30.7 Å². The van der Waals surface area contributed by atoms with E-state index in [9.17, 15) is 4.79 Å². The number of benzene rings is 1. The van der Waals surface area contributed by atoms with E-state index >= 15 is 0 Å². The summed E-state index contributed by atoms with van der Waals surface area (Å²) in [6, 6.07) is 9.32. The molecule has 0 saturated heterocycles. The lowest BCUT2D eigenvalue weighted by Crippen LogP contribution is -2.28. The highest BCUT2D eigenvalue weighted by Crippen LogP contribution is 2.19. The van der Waals surface area contributed by atoms with Crippen LogP contribution in [0.2, 0.25) is 0 Å². The molecule has 0 fully saturated rings. The number of hydrazine groups is 1. The van der Waals surface area contributed by atoms with Gasteiger partial charge in [-0.15, -0.1) is 0 Å². The maximum atomic E-state index is 12.2. The third-order valence-corrected chi connectivity index (χ3v) is 3.41. The summed E-state index contributed by atoms with van der Waals surface area (Å²) in [5.41, 5.74) is 4.44. The van der Waals surface area contributed by atoms with Gasteiger partial charge in [-0.3, -0.25) is 15.6 Å². The summed E-state index contributed by atoms with van der Waals surface area (Å²) in [5.74, 6) is 5.17. The SMILES string of the molecule is CC(NC(=O)c1ccncc1NN)c1cccc(Br)c1. The van der Waals surface area contributed by atoms with E-state index in [-0.39, 0.29) is 11.9 Å². The molecule has 2 aromatic rings. The molecule has 1 heterocycles. The summed E-state index contributed by atoms with van der Waals surface area (Å²) < 4.78 is 0.976. The molecule has 6 heteroatoms. The number of nitrogen functional groups attached to an aromatic ring is 1. The molecule has 0 bridgehead atoms. The second-order valence-corrected chi connectivity index (χ2v) is 5.23. The smallest absolute Gasteiger partial charge is 0.254 e. The molecule has 1 amide bonds. The van der Waals surface area contributed by atoms with Gasteiger partial charge in [0.15, 0.2) is 0 Å². The molecule has 0 aliphatic rings. The molecule has 0 aliphatic heterocycles. The van der Waals surface area contributed by atoms with Gasteiger partial charge >= 0.3 is 0 Å². The summed E-state index contributed by atoms with van der Waals surface area (Å²) in [7, 11) is 0. The van der Waals surface area contributed by atoms with E-state index in [0.717, 1.165) is 10.0 Å². The second-order valence-electron chi connectivity index (χ2n) is 4.32. The van der Waals surface area contributed by atoms with Gasteiger partial charge in [-0.25, -0.2) is 0 Å². The maximum Gasteiger partial charge on any atom is 0.254 e. The number of carbonyl (C=O) groups excluding carboxylic acids is 1. The number of carbonyl (C=O) groups is 1. The highest BCUT2D eigenvalue weighted by Gasteiger charge is 2.14. The Kier molecular flexibility index (Phi) is 4.70. The van der Waals surface area contributed by atoms with Crippen LogP contribution in [0.5, 0.6) is 0 Å². The first-order valence-corrected chi connectivity index (χ1v) is 6.88. The molecule has 1 aromatic carbocycles. The topological polar surface area (TPSA) is 80.0 Å². The van der Waals surface area contributed by atoms with E-state index in [0.29, 0.717) is 11.3 Å². The summed E-state index contributed by atoms with van der Waals surface area (Å²) >= 11 is 3.42. The van der Waals surface area contributed by atoms with Crippen LogP contribution in [0.1, 0.15) is 28.9 Å². The molecule has 0 saturated carbocycles. The van der Waals surface area contributed by atoms with Crippen molar-refractivity contribution in [1.82, 2.24) is 10.3 Å². The number of hydrogen-bond donors (Lipinski definition) is 3. The lowest BCUT2D eigenvalue weighted by molar-refractivity contribution is 0.0940. The third-order valence-electron chi connectivity index (χ3n) is 2.92. The summed E-state index contributed by atoms with van der Waals surface area (Å²) in [6.45, 7) is 1.93. The summed E-state index contributed by atoms with van der Waals surface area (Å²) in [4.78, 5) is 16.2. The number of nitrogens with one attached hydrogen (secondary N) is 2. The minimum atomic E-state index is -0.201. The molecule has 0 aliphatic carbocycles. The number of aromatic nitrogens is 1. The molecule has 0 spiro atoms. The lowest BCUT2D eigenvalue weighted by Gasteiger charge is -2.16. The molecule has 1 unspecified atom stereocenters. The van der Waals surface area contributed by atoms with Crippen molar-refractivity contribution in [3.8, 4) is 0 Å². The zero-order chi connectivity index (χ0) is 14.5. The summed E-state index contributed by atoms with van der Waals surface area (Å²) in [6.07, 6.45) is 3.07. The van der Waals surface area contributed by atoms with Gasteiger partial charge in [0.1, 0.15) is 0 Å². The number of hydrogen-bond acceptors (Lipinski definition) is 4. The minimum absolute atomic E-state index is 0.112. The van der Waals surface area contributed by atoms with Gasteiger partial charge in [0.05, 0.1) is 23.5 Å². The van der Waals surface area contributed by atoms with Crippen molar-refractivity contribution in [3.05, 3.63) is 58.3 Å². The van der Waals surface area contributed by atoms with Crippen LogP contribution < -0.4 is 16.6 Å². The molecule has 4 N–H and O–H groups in total. The van der Waals surface area contributed by atoms with Crippen LogP contribution in [0.25, 0.3) is 0 Å². The number of rotatable bonds is 4. The van der Waals surface area contributed by atoms with Crippen molar-refractivity contribution in [1.29, 1.82) is 0 Å². The van der Waals surface area contributed by atoms with Crippen molar-refractivity contribution >= 4 is 27.5 Å². The van der Waals surface area contributed by atoms with Crippen LogP contribution in [0.3, 0.4) is 0 Å². The Morgan fingerprint density at radius 2 is 2.20 bits per heavy atom. The molecule has 2 rings (SSSR count). The molecular weight excluding hydrogens is 320 g/mol. The lowest BCUT2D eigenvalue weighted by atomic mass is 10.1. The van der Waals surface area contributed by atoms with Gasteiger partial charge in [-0.2, -0.15) is 0 Å². The molecular formula is C14H15BrN4O. The van der Waals surface area contributed by atoms with Crippen LogP contribution in [0, 0.1) is 0 Å². The van der Waals surface area contributed by atoms with Gasteiger partial charge in [0.25, 0.3) is 5.91 Å². The monoisotopic (exact) mass is 334 g/mol. The number of anilines is 1. The quantitative estimate of drug-likeness (QED) is 0.593. The zero-order valence-electron chi connectivity index (χ0n) is 10.9. The van der Waals surface area contributed by atoms with Crippen LogP contribution in [0.15, 0.2) is 47.2 Å². The van der Waals surface area contributed by atoms with Crippen LogP contribution in [-0.4, -0.2) is 10.9 Å². The maximum absolute atomic E-state index is 12.2. The fourth-order valence-corrected chi connectivity index (χ4v) is 2.26. The third kappa shape index (κ3) is 3.34. The first-order valence-electron chi connectivity index (χ1n) is 6.08. The molecule has 0 radical (unpaired) electrons. The molecule has 20 heavy (non-hydrogen) atoms. The van der Waals surface area contributed by atoms with Crippen molar-refractivity contribution < 1.29 is 4.79 Å². The number of halogens is 1. The van der Waals surface area contributed by atoms with E-state index in [1.54, 1.807) is 12.3 Å². The fraction of sp³-hybridized carbons (Fsp3) is 0.143. The Bertz CT molecular complexity index is 618. The minimum Gasteiger partial charge on any atom is -0.345 e. The van der Waals surface area contributed by atoms with E-state index < -0.39 is 0 Å². The Hall–Kier alpha value is -1.92. The standard InChI is InChI=1S/C14H15BrN4O/c1-9(10-3-2-4-11(15)7-10)18-14(20)12-5-6-17-8-13(12)19-16/h2-9,19H,16H2,1H3,(H,18,20). The van der Waals surface area contributed by atoms with Crippen molar-refractivity contribution in [2.75, 3.05) is 5.43 Å². The number of nitrogens with two attached hydrogens (primary N) is 1. The average Bonchev–Trinajstić information content (AvgIpc) is 2.47. The van der Waals surface area contributed by atoms with E-state index in [2.05, 4.69) is 31.7 Å². The molecule has 1 atom stereocenters. The van der Waals surface area contributed by atoms with Crippen molar-refractivity contribution in [3.63, 3.8) is 0 Å². The Morgan fingerprint density at radius 1 is 1.40 bits per heavy atom. The van der Waals surface area contributed by atoms with Crippen molar-refractivity contribution in [2.24, 2.45) is 5.84 Å². The highest BCUT2D eigenvalue weighted by molar-refractivity contribution is 9.10. The summed E-state index contributed by atoms with van der Waals surface area (Å²) in [5, 5.41) is 2.93. The normalized spacial score (nSPS) is 11.8. The Morgan fingerprint density at radius 3 is 2.90 bits per heavy atom. The average molecular weight is 335 g/mol. The number of amides is 1. The highest BCUT2D eigenvalue weighted by atomic mass is 79.9. The van der Waals surface area contributed by atoms with Crippen LogP contribution >= 0.6 is 15.9 Å². The first kappa shape index (κ1) is 14.5. The molecule has 1 aromatic heterocycles. The van der Waals surface area contributed by atoms with Gasteiger partial charge < -0.3 is 10.7 Å². The van der Waals surface area contributed by atoms with E-state index in [4.69, 9.17) is 5.84 Å². The predicted molar refractivity (Wildman–Crippen MR) is 82.1 cm³/mol. The molecule has 104 valence electrons. The molecule has 5 nitrogen and oxygen atoms in total. The zero-order valence-corrected chi connectivity index (χ0v) is 12.5. The fourth-order valence-electron chi connectivity index (χ4n) is 1.84. The Labute approximate surface area is 125 Å². The van der Waals surface area contributed by atoms with Crippen LogP contribution in [0.4, 0.5) is 5.69 Å². The first-order chi connectivity index (χ1) is 9.61.